The third-order valence-corrected chi connectivity index (χ3v) is 5.80. The molecule has 1 saturated carbocycles. The molecule has 0 unspecified atom stereocenters. The van der Waals surface area contributed by atoms with Crippen molar-refractivity contribution in [3.8, 4) is 0 Å². The van der Waals surface area contributed by atoms with Gasteiger partial charge in [0.15, 0.2) is 0 Å². The van der Waals surface area contributed by atoms with Gasteiger partial charge in [-0.3, -0.25) is 0 Å². The molecule has 1 aromatic rings. The number of nitrogens with zero attached hydrogens (tertiary/aromatic N) is 2. The predicted octanol–water partition coefficient (Wildman–Crippen LogP) is 1.08. The van der Waals surface area contributed by atoms with Gasteiger partial charge in [-0.25, -0.2) is 9.97 Å². The standard InChI is InChI=1S/C18H31BN4O3/c1-17(2)18(3,4)26-19(25-17)13-11-21-16(22-12-13)23-15-8-6-5-7-14(15)20-9-10-24/h11-12,14-15,20,24H,5-10H2,1-4H3,(H,21,22,23)/t14-,15-/m0/s1. The van der Waals surface area contributed by atoms with Gasteiger partial charge in [0.25, 0.3) is 0 Å². The fourth-order valence-corrected chi connectivity index (χ4v) is 3.48. The van der Waals surface area contributed by atoms with Crippen LogP contribution in [-0.4, -0.2) is 58.6 Å². The molecule has 2 atom stereocenters. The van der Waals surface area contributed by atoms with Crippen LogP contribution in [0.5, 0.6) is 0 Å². The number of aromatic nitrogens is 2. The quantitative estimate of drug-likeness (QED) is 0.653. The van der Waals surface area contributed by atoms with E-state index in [1.165, 1.54) is 12.8 Å². The lowest BCUT2D eigenvalue weighted by molar-refractivity contribution is 0.00578. The first-order valence-electron chi connectivity index (χ1n) is 9.61. The van der Waals surface area contributed by atoms with Gasteiger partial charge < -0.3 is 25.0 Å². The Balaban J connectivity index is 1.63. The molecule has 3 N–H and O–H groups in total. The van der Waals surface area contributed by atoms with Gasteiger partial charge in [-0.15, -0.1) is 0 Å². The van der Waals surface area contributed by atoms with Crippen molar-refractivity contribution in [2.45, 2.75) is 76.7 Å². The van der Waals surface area contributed by atoms with Gasteiger partial charge in [0.1, 0.15) is 0 Å². The zero-order chi connectivity index (χ0) is 18.8. The van der Waals surface area contributed by atoms with Crippen molar-refractivity contribution in [2.24, 2.45) is 0 Å². The van der Waals surface area contributed by atoms with Crippen molar-refractivity contribution < 1.29 is 14.4 Å². The fourth-order valence-electron chi connectivity index (χ4n) is 3.48. The van der Waals surface area contributed by atoms with Crippen LogP contribution in [0.3, 0.4) is 0 Å². The van der Waals surface area contributed by atoms with Crippen LogP contribution in [-0.2, 0) is 9.31 Å². The smallest absolute Gasteiger partial charge is 0.399 e. The molecule has 26 heavy (non-hydrogen) atoms. The van der Waals surface area contributed by atoms with E-state index in [9.17, 15) is 0 Å². The largest absolute Gasteiger partial charge is 0.498 e. The second kappa shape index (κ2) is 7.80. The highest BCUT2D eigenvalue weighted by molar-refractivity contribution is 6.61. The molecule has 2 aliphatic rings. The number of hydrogen-bond donors (Lipinski definition) is 3. The summed E-state index contributed by atoms with van der Waals surface area (Å²) < 4.78 is 12.1. The molecule has 2 fully saturated rings. The molecule has 1 aliphatic carbocycles. The Hall–Kier alpha value is -1.22. The number of anilines is 1. The molecule has 1 saturated heterocycles. The van der Waals surface area contributed by atoms with Crippen molar-refractivity contribution in [2.75, 3.05) is 18.5 Å². The molecule has 8 heteroatoms. The van der Waals surface area contributed by atoms with Crippen LogP contribution in [0, 0.1) is 0 Å². The molecule has 2 heterocycles. The second-order valence-electron chi connectivity index (χ2n) is 8.25. The van der Waals surface area contributed by atoms with Crippen molar-refractivity contribution >= 4 is 18.5 Å². The summed E-state index contributed by atoms with van der Waals surface area (Å²) in [4.78, 5) is 8.94. The number of hydrogen-bond acceptors (Lipinski definition) is 7. The Labute approximate surface area is 156 Å². The lowest BCUT2D eigenvalue weighted by atomic mass is 9.81. The molecule has 0 bridgehead atoms. The van der Waals surface area contributed by atoms with E-state index >= 15 is 0 Å². The average Bonchev–Trinajstić information content (AvgIpc) is 2.82. The van der Waals surface area contributed by atoms with Gasteiger partial charge in [0.2, 0.25) is 5.95 Å². The molecule has 0 aromatic carbocycles. The molecule has 1 aliphatic heterocycles. The van der Waals surface area contributed by atoms with Crippen molar-refractivity contribution in [1.29, 1.82) is 0 Å². The highest BCUT2D eigenvalue weighted by Gasteiger charge is 2.51. The predicted molar refractivity (Wildman–Crippen MR) is 103 cm³/mol. The van der Waals surface area contributed by atoms with Gasteiger partial charge >= 0.3 is 7.12 Å². The van der Waals surface area contributed by atoms with Crippen LogP contribution in [0.25, 0.3) is 0 Å². The molecule has 1 aromatic heterocycles. The first-order chi connectivity index (χ1) is 12.3. The molecule has 144 valence electrons. The Morgan fingerprint density at radius 1 is 1.08 bits per heavy atom. The molecule has 0 spiro atoms. The Kier molecular flexibility index (Phi) is 5.86. The van der Waals surface area contributed by atoms with Gasteiger partial charge in [-0.2, -0.15) is 0 Å². The van der Waals surface area contributed by atoms with Crippen LogP contribution in [0.15, 0.2) is 12.4 Å². The summed E-state index contributed by atoms with van der Waals surface area (Å²) in [6.07, 6.45) is 8.13. The van der Waals surface area contributed by atoms with Crippen LogP contribution in [0.4, 0.5) is 5.95 Å². The first kappa shape index (κ1) is 19.5. The summed E-state index contributed by atoms with van der Waals surface area (Å²) in [6.45, 7) is 8.91. The molecular weight excluding hydrogens is 331 g/mol. The SMILES string of the molecule is CC1(C)OB(c2cnc(N[C@H]3CCCC[C@@H]3NCCO)nc2)OC1(C)C. The summed E-state index contributed by atoms with van der Waals surface area (Å²) >= 11 is 0. The van der Waals surface area contributed by atoms with Gasteiger partial charge in [-0.05, 0) is 40.5 Å². The van der Waals surface area contributed by atoms with E-state index in [-0.39, 0.29) is 23.9 Å². The van der Waals surface area contributed by atoms with E-state index in [2.05, 4.69) is 20.6 Å². The summed E-state index contributed by atoms with van der Waals surface area (Å²) in [6, 6.07) is 0.611. The molecule has 0 radical (unpaired) electrons. The van der Waals surface area contributed by atoms with Crippen molar-refractivity contribution in [3.63, 3.8) is 0 Å². The minimum atomic E-state index is -0.442. The van der Waals surface area contributed by atoms with Gasteiger partial charge in [0.05, 0.1) is 17.8 Å². The van der Waals surface area contributed by atoms with E-state index < -0.39 is 7.12 Å². The Morgan fingerprint density at radius 2 is 1.65 bits per heavy atom. The lowest BCUT2D eigenvalue weighted by Crippen LogP contribution is -2.47. The van der Waals surface area contributed by atoms with E-state index in [0.717, 1.165) is 18.3 Å². The average molecular weight is 362 g/mol. The second-order valence-corrected chi connectivity index (χ2v) is 8.25. The highest BCUT2D eigenvalue weighted by atomic mass is 16.7. The maximum atomic E-state index is 9.05. The lowest BCUT2D eigenvalue weighted by Gasteiger charge is -2.32. The number of nitrogens with one attached hydrogen (secondary N) is 2. The first-order valence-corrected chi connectivity index (χ1v) is 9.61. The van der Waals surface area contributed by atoms with Crippen LogP contribution >= 0.6 is 0 Å². The number of aliphatic hydroxyl groups is 1. The minimum Gasteiger partial charge on any atom is -0.399 e. The number of aliphatic hydroxyl groups excluding tert-OH is 1. The molecular formula is C18H31BN4O3. The number of rotatable bonds is 6. The highest BCUT2D eigenvalue weighted by Crippen LogP contribution is 2.36. The normalized spacial score (nSPS) is 27.5. The summed E-state index contributed by atoms with van der Waals surface area (Å²) in [5.74, 6) is 0.618. The summed E-state index contributed by atoms with van der Waals surface area (Å²) in [5, 5.41) is 15.9. The zero-order valence-corrected chi connectivity index (χ0v) is 16.3. The topological polar surface area (TPSA) is 88.5 Å². The van der Waals surface area contributed by atoms with Gasteiger partial charge in [-0.1, -0.05) is 12.8 Å². The van der Waals surface area contributed by atoms with Crippen molar-refractivity contribution in [1.82, 2.24) is 15.3 Å². The maximum absolute atomic E-state index is 9.05. The Bertz CT molecular complexity index is 581. The molecule has 3 rings (SSSR count). The van der Waals surface area contributed by atoms with Crippen LogP contribution in [0.2, 0.25) is 0 Å². The maximum Gasteiger partial charge on any atom is 0.498 e. The van der Waals surface area contributed by atoms with Crippen LogP contribution in [0.1, 0.15) is 53.4 Å². The third kappa shape index (κ3) is 4.19. The van der Waals surface area contributed by atoms with Crippen LogP contribution < -0.4 is 16.1 Å². The monoisotopic (exact) mass is 362 g/mol. The zero-order valence-electron chi connectivity index (χ0n) is 16.3. The van der Waals surface area contributed by atoms with E-state index in [0.29, 0.717) is 18.5 Å². The molecule has 7 nitrogen and oxygen atoms in total. The summed E-state index contributed by atoms with van der Waals surface area (Å²) in [7, 11) is -0.442. The van der Waals surface area contributed by atoms with E-state index in [1.54, 1.807) is 12.4 Å². The summed E-state index contributed by atoms with van der Waals surface area (Å²) in [5.41, 5.74) is 0.0812. The Morgan fingerprint density at radius 3 is 2.23 bits per heavy atom. The fraction of sp³-hybridized carbons (Fsp3) is 0.778. The van der Waals surface area contributed by atoms with Crippen molar-refractivity contribution in [3.05, 3.63) is 12.4 Å². The van der Waals surface area contributed by atoms with E-state index in [1.807, 2.05) is 27.7 Å². The minimum absolute atomic E-state index is 0.155. The third-order valence-electron chi connectivity index (χ3n) is 5.80. The molecule has 0 amide bonds. The van der Waals surface area contributed by atoms with E-state index in [4.69, 9.17) is 14.4 Å². The van der Waals surface area contributed by atoms with Gasteiger partial charge in [0, 0.05) is 36.5 Å².